The fourth-order valence-corrected chi connectivity index (χ4v) is 0.661. The molecular formula is C4H9FO4S. The molecule has 0 aromatic carbocycles. The van der Waals surface area contributed by atoms with Crippen LogP contribution in [0.15, 0.2) is 0 Å². The van der Waals surface area contributed by atoms with Crippen LogP contribution in [0.2, 0.25) is 0 Å². The number of hydrogen-bond donors (Lipinski definition) is 0. The van der Waals surface area contributed by atoms with Gasteiger partial charge < -0.3 is 4.74 Å². The molecule has 0 N–H and O–H groups in total. The second kappa shape index (κ2) is 4.59. The van der Waals surface area contributed by atoms with Crippen LogP contribution in [-0.4, -0.2) is 34.7 Å². The number of alkyl halides is 1. The zero-order chi connectivity index (χ0) is 8.04. The topological polar surface area (TPSA) is 52.6 Å². The van der Waals surface area contributed by atoms with Crippen LogP contribution in [0.4, 0.5) is 4.39 Å². The lowest BCUT2D eigenvalue weighted by atomic mass is 10.8. The molecule has 0 saturated heterocycles. The van der Waals surface area contributed by atoms with Crippen molar-refractivity contribution in [3.8, 4) is 0 Å². The first kappa shape index (κ1) is 9.80. The minimum absolute atomic E-state index is 0.136. The number of halogens is 1. The fraction of sp³-hybridized carbons (Fsp3) is 1.00. The first-order valence-electron chi connectivity index (χ1n) is 2.54. The van der Waals surface area contributed by atoms with Gasteiger partial charge in [-0.2, -0.15) is 8.42 Å². The van der Waals surface area contributed by atoms with Crippen molar-refractivity contribution in [3.63, 3.8) is 0 Å². The Morgan fingerprint density at radius 1 is 1.40 bits per heavy atom. The van der Waals surface area contributed by atoms with Crippen LogP contribution in [0.1, 0.15) is 0 Å². The predicted molar refractivity (Wildman–Crippen MR) is 32.7 cm³/mol. The SMILES string of the molecule is COCCOS(=O)(=O)CF. The van der Waals surface area contributed by atoms with Gasteiger partial charge in [0.05, 0.1) is 13.2 Å². The van der Waals surface area contributed by atoms with E-state index in [1.807, 2.05) is 0 Å². The molecule has 0 spiro atoms. The van der Waals surface area contributed by atoms with Crippen molar-refractivity contribution in [1.82, 2.24) is 0 Å². The van der Waals surface area contributed by atoms with Crippen molar-refractivity contribution in [2.24, 2.45) is 0 Å². The number of hydrogen-bond acceptors (Lipinski definition) is 4. The molecule has 6 heteroatoms. The molecule has 0 aliphatic rings. The summed E-state index contributed by atoms with van der Waals surface area (Å²) >= 11 is 0. The molecule has 0 atom stereocenters. The van der Waals surface area contributed by atoms with Crippen LogP contribution in [0.5, 0.6) is 0 Å². The van der Waals surface area contributed by atoms with Crippen LogP contribution in [0.25, 0.3) is 0 Å². The van der Waals surface area contributed by atoms with Gasteiger partial charge in [0.25, 0.3) is 10.1 Å². The average Bonchev–Trinajstić information content (AvgIpc) is 1.89. The van der Waals surface area contributed by atoms with Gasteiger partial charge >= 0.3 is 0 Å². The maximum atomic E-state index is 11.4. The Kier molecular flexibility index (Phi) is 4.50. The Morgan fingerprint density at radius 3 is 2.40 bits per heavy atom. The number of ether oxygens (including phenoxy) is 1. The van der Waals surface area contributed by atoms with Crippen molar-refractivity contribution in [1.29, 1.82) is 0 Å². The van der Waals surface area contributed by atoms with E-state index >= 15 is 0 Å². The molecule has 0 aliphatic heterocycles. The van der Waals surface area contributed by atoms with Gasteiger partial charge in [-0.3, -0.25) is 4.18 Å². The molecule has 4 nitrogen and oxygen atoms in total. The standard InChI is InChI=1S/C4H9FO4S/c1-8-2-3-9-10(6,7)4-5/h2-4H2,1H3. The largest absolute Gasteiger partial charge is 0.382 e. The van der Waals surface area contributed by atoms with Gasteiger partial charge in [-0.1, -0.05) is 0 Å². The minimum atomic E-state index is -3.94. The van der Waals surface area contributed by atoms with Gasteiger partial charge in [0.1, 0.15) is 0 Å². The highest BCUT2D eigenvalue weighted by atomic mass is 32.2. The Labute approximate surface area is 59.1 Å². The van der Waals surface area contributed by atoms with E-state index in [-0.39, 0.29) is 13.2 Å². The molecule has 0 bridgehead atoms. The smallest absolute Gasteiger partial charge is 0.297 e. The third-order valence-electron chi connectivity index (χ3n) is 0.684. The molecule has 0 rings (SSSR count). The summed E-state index contributed by atoms with van der Waals surface area (Å²) in [6.07, 6.45) is 0. The van der Waals surface area contributed by atoms with E-state index in [0.29, 0.717) is 0 Å². The van der Waals surface area contributed by atoms with Gasteiger partial charge in [-0.15, -0.1) is 0 Å². The van der Waals surface area contributed by atoms with E-state index in [1.165, 1.54) is 7.11 Å². The van der Waals surface area contributed by atoms with Crippen LogP contribution >= 0.6 is 0 Å². The second-order valence-electron chi connectivity index (χ2n) is 1.48. The Morgan fingerprint density at radius 2 is 2.00 bits per heavy atom. The van der Waals surface area contributed by atoms with Crippen LogP contribution in [-0.2, 0) is 19.0 Å². The highest BCUT2D eigenvalue weighted by molar-refractivity contribution is 7.86. The molecule has 0 radical (unpaired) electrons. The summed E-state index contributed by atoms with van der Waals surface area (Å²) in [6, 6.07) is -1.49. The quantitative estimate of drug-likeness (QED) is 0.429. The molecule has 0 aliphatic carbocycles. The molecule has 10 heavy (non-hydrogen) atoms. The van der Waals surface area contributed by atoms with Gasteiger partial charge in [-0.25, -0.2) is 4.39 Å². The third-order valence-corrected chi connectivity index (χ3v) is 1.48. The lowest BCUT2D eigenvalue weighted by molar-refractivity contribution is 0.148. The van der Waals surface area contributed by atoms with E-state index in [1.54, 1.807) is 0 Å². The molecule has 62 valence electrons. The van der Waals surface area contributed by atoms with E-state index in [9.17, 15) is 12.8 Å². The van der Waals surface area contributed by atoms with Crippen molar-refractivity contribution >= 4 is 10.1 Å². The average molecular weight is 172 g/mol. The highest BCUT2D eigenvalue weighted by Crippen LogP contribution is 1.92. The van der Waals surface area contributed by atoms with E-state index < -0.39 is 16.1 Å². The van der Waals surface area contributed by atoms with Crippen molar-refractivity contribution in [2.45, 2.75) is 0 Å². The van der Waals surface area contributed by atoms with Crippen molar-refractivity contribution in [2.75, 3.05) is 26.3 Å². The monoisotopic (exact) mass is 172 g/mol. The molecular weight excluding hydrogens is 163 g/mol. The maximum Gasteiger partial charge on any atom is 0.297 e. The Hall–Kier alpha value is -0.200. The normalized spacial score (nSPS) is 11.8. The second-order valence-corrected chi connectivity index (χ2v) is 3.05. The van der Waals surface area contributed by atoms with Crippen LogP contribution < -0.4 is 0 Å². The molecule has 0 amide bonds. The summed E-state index contributed by atoms with van der Waals surface area (Å²) in [4.78, 5) is 0. The zero-order valence-corrected chi connectivity index (χ0v) is 6.36. The molecule has 0 aromatic rings. The molecule has 0 fully saturated rings. The van der Waals surface area contributed by atoms with Gasteiger partial charge in [0, 0.05) is 7.11 Å². The fourth-order valence-electron chi connectivity index (χ4n) is 0.276. The minimum Gasteiger partial charge on any atom is -0.382 e. The summed E-state index contributed by atoms with van der Waals surface area (Å²) in [5.41, 5.74) is 0. The summed E-state index contributed by atoms with van der Waals surface area (Å²) in [5.74, 6) is 0. The predicted octanol–water partition coefficient (Wildman–Crippen LogP) is -0.0938. The summed E-state index contributed by atoms with van der Waals surface area (Å²) < 4.78 is 40.4. The number of methoxy groups -OCH3 is 1. The Balaban J connectivity index is 3.49. The lowest BCUT2D eigenvalue weighted by Crippen LogP contribution is -2.11. The van der Waals surface area contributed by atoms with E-state index in [0.717, 1.165) is 0 Å². The van der Waals surface area contributed by atoms with Crippen LogP contribution in [0.3, 0.4) is 0 Å². The van der Waals surface area contributed by atoms with Gasteiger partial charge in [0.2, 0.25) is 6.01 Å². The van der Waals surface area contributed by atoms with Crippen molar-refractivity contribution in [3.05, 3.63) is 0 Å². The first-order chi connectivity index (χ1) is 4.62. The maximum absolute atomic E-state index is 11.4. The first-order valence-corrected chi connectivity index (χ1v) is 4.12. The zero-order valence-electron chi connectivity index (χ0n) is 5.54. The number of rotatable bonds is 5. The van der Waals surface area contributed by atoms with Crippen LogP contribution in [0, 0.1) is 0 Å². The summed E-state index contributed by atoms with van der Waals surface area (Å²) in [7, 11) is -2.54. The van der Waals surface area contributed by atoms with E-state index in [2.05, 4.69) is 8.92 Å². The lowest BCUT2D eigenvalue weighted by Gasteiger charge is -1.99. The molecule has 0 unspecified atom stereocenters. The molecule has 0 heterocycles. The third kappa shape index (κ3) is 4.66. The van der Waals surface area contributed by atoms with Gasteiger partial charge in [0.15, 0.2) is 0 Å². The summed E-state index contributed by atoms with van der Waals surface area (Å²) in [6.45, 7) is 0.00197. The molecule has 0 saturated carbocycles. The van der Waals surface area contributed by atoms with Crippen molar-refractivity contribution < 1.29 is 21.7 Å². The summed E-state index contributed by atoms with van der Waals surface area (Å²) in [5, 5.41) is 0. The van der Waals surface area contributed by atoms with E-state index in [4.69, 9.17) is 0 Å². The Bertz CT molecular complexity index is 164. The highest BCUT2D eigenvalue weighted by Gasteiger charge is 2.08. The van der Waals surface area contributed by atoms with Gasteiger partial charge in [-0.05, 0) is 0 Å². The molecule has 0 aromatic heterocycles.